The highest BCUT2D eigenvalue weighted by Gasteiger charge is 2.34. The van der Waals surface area contributed by atoms with E-state index in [1.165, 1.54) is 4.90 Å². The third-order valence-electron chi connectivity index (χ3n) is 3.96. The number of carboxylic acids is 1. The van der Waals surface area contributed by atoms with Gasteiger partial charge in [0.1, 0.15) is 0 Å². The Balaban J connectivity index is 2.00. The maximum absolute atomic E-state index is 12.5. The largest absolute Gasteiger partial charge is 0.479 e. The molecule has 1 aliphatic carbocycles. The summed E-state index contributed by atoms with van der Waals surface area (Å²) < 4.78 is 5.12. The lowest BCUT2D eigenvalue weighted by Gasteiger charge is -2.37. The minimum absolute atomic E-state index is 0.0722. The van der Waals surface area contributed by atoms with Crippen molar-refractivity contribution in [2.45, 2.75) is 37.8 Å². The molecule has 0 aromatic carbocycles. The van der Waals surface area contributed by atoms with E-state index in [1.54, 1.807) is 4.90 Å². The molecule has 20 heavy (non-hydrogen) atoms. The summed E-state index contributed by atoms with van der Waals surface area (Å²) >= 11 is 0. The maximum Gasteiger partial charge on any atom is 0.334 e. The van der Waals surface area contributed by atoms with Crippen LogP contribution in [0.5, 0.6) is 0 Å². The number of hydrogen-bond acceptors (Lipinski definition) is 4. The zero-order valence-corrected chi connectivity index (χ0v) is 11.5. The first-order valence-electron chi connectivity index (χ1n) is 7.14. The fourth-order valence-electron chi connectivity index (χ4n) is 2.91. The average molecular weight is 286 g/mol. The van der Waals surface area contributed by atoms with Gasteiger partial charge in [-0.15, -0.1) is 0 Å². The highest BCUT2D eigenvalue weighted by Crippen LogP contribution is 2.24. The lowest BCUT2D eigenvalue weighted by molar-refractivity contribution is -0.154. The third-order valence-corrected chi connectivity index (χ3v) is 3.96. The summed E-state index contributed by atoms with van der Waals surface area (Å²) in [6, 6.07) is -0.0127. The van der Waals surface area contributed by atoms with Crippen molar-refractivity contribution in [1.82, 2.24) is 9.80 Å². The molecule has 0 aromatic heterocycles. The van der Waals surface area contributed by atoms with Gasteiger partial charge in [-0.1, -0.05) is 12.8 Å². The molecule has 1 aliphatic heterocycles. The summed E-state index contributed by atoms with van der Waals surface area (Å²) in [4.78, 5) is 26.7. The van der Waals surface area contributed by atoms with Crippen LogP contribution in [0.2, 0.25) is 0 Å². The molecule has 2 rings (SSSR count). The monoisotopic (exact) mass is 286 g/mol. The predicted molar refractivity (Wildman–Crippen MR) is 70.4 cm³/mol. The molecule has 1 saturated heterocycles. The normalized spacial score (nSPS) is 23.9. The molecular formula is C13H22N2O5. The van der Waals surface area contributed by atoms with Gasteiger partial charge in [0.2, 0.25) is 0 Å². The molecule has 114 valence electrons. The van der Waals surface area contributed by atoms with Gasteiger partial charge < -0.3 is 24.7 Å². The van der Waals surface area contributed by atoms with Crippen LogP contribution in [0, 0.1) is 0 Å². The number of amides is 2. The molecule has 1 heterocycles. The zero-order chi connectivity index (χ0) is 14.5. The molecule has 1 atom stereocenters. The van der Waals surface area contributed by atoms with Gasteiger partial charge in [-0.05, 0) is 12.8 Å². The maximum atomic E-state index is 12.5. The Bertz CT molecular complexity index is 357. The number of hydrogen-bond donors (Lipinski definition) is 2. The second-order valence-electron chi connectivity index (χ2n) is 5.28. The predicted octanol–water partition coefficient (Wildman–Crippen LogP) is 0.129. The lowest BCUT2D eigenvalue weighted by atomic mass is 10.2. The van der Waals surface area contributed by atoms with Crippen molar-refractivity contribution in [2.24, 2.45) is 0 Å². The molecule has 2 N–H and O–H groups in total. The third kappa shape index (κ3) is 3.40. The topological polar surface area (TPSA) is 90.3 Å². The van der Waals surface area contributed by atoms with Gasteiger partial charge in [-0.3, -0.25) is 0 Å². The highest BCUT2D eigenvalue weighted by atomic mass is 16.5. The highest BCUT2D eigenvalue weighted by molar-refractivity contribution is 5.77. The van der Waals surface area contributed by atoms with Crippen LogP contribution < -0.4 is 0 Å². The van der Waals surface area contributed by atoms with Crippen molar-refractivity contribution in [2.75, 3.05) is 32.8 Å². The number of carboxylic acid groups (broad SMARTS) is 1. The number of aliphatic hydroxyl groups excluding tert-OH is 1. The van der Waals surface area contributed by atoms with Crippen LogP contribution in [0.4, 0.5) is 4.79 Å². The molecule has 0 aromatic rings. The first-order valence-corrected chi connectivity index (χ1v) is 7.14. The van der Waals surface area contributed by atoms with Gasteiger partial charge in [-0.2, -0.15) is 0 Å². The van der Waals surface area contributed by atoms with Gasteiger partial charge in [0, 0.05) is 19.1 Å². The smallest absolute Gasteiger partial charge is 0.334 e. The van der Waals surface area contributed by atoms with E-state index in [4.69, 9.17) is 14.9 Å². The van der Waals surface area contributed by atoms with Crippen LogP contribution >= 0.6 is 0 Å². The summed E-state index contributed by atoms with van der Waals surface area (Å²) in [5, 5.41) is 18.1. The van der Waals surface area contributed by atoms with Crippen LogP contribution in [0.25, 0.3) is 0 Å². The molecule has 2 fully saturated rings. The quantitative estimate of drug-likeness (QED) is 0.766. The van der Waals surface area contributed by atoms with E-state index >= 15 is 0 Å². The van der Waals surface area contributed by atoms with Gasteiger partial charge in [-0.25, -0.2) is 9.59 Å². The number of nitrogens with zero attached hydrogens (tertiary/aromatic N) is 2. The van der Waals surface area contributed by atoms with Crippen LogP contribution in [0.15, 0.2) is 0 Å². The van der Waals surface area contributed by atoms with Gasteiger partial charge in [0.15, 0.2) is 6.10 Å². The Morgan fingerprint density at radius 3 is 2.60 bits per heavy atom. The standard InChI is InChI=1S/C13H22N2O5/c16-7-5-15(10-3-1-2-4-10)13(19)14-6-8-20-11(9-14)12(17)18/h10-11,16H,1-9H2,(H,17,18). The zero-order valence-electron chi connectivity index (χ0n) is 11.5. The van der Waals surface area contributed by atoms with Crippen LogP contribution in [0.1, 0.15) is 25.7 Å². The number of carbonyl (C=O) groups excluding carboxylic acids is 1. The molecule has 2 amide bonds. The summed E-state index contributed by atoms with van der Waals surface area (Å²) in [6.07, 6.45) is 3.16. The number of rotatable bonds is 4. The SMILES string of the molecule is O=C(O)C1CN(C(=O)N(CCO)C2CCCC2)CCO1. The summed E-state index contributed by atoms with van der Waals surface area (Å²) in [5.41, 5.74) is 0. The van der Waals surface area contributed by atoms with Crippen molar-refractivity contribution in [3.05, 3.63) is 0 Å². The van der Waals surface area contributed by atoms with Gasteiger partial charge in [0.25, 0.3) is 0 Å². The Morgan fingerprint density at radius 2 is 2.00 bits per heavy atom. The molecule has 0 bridgehead atoms. The minimum atomic E-state index is -1.04. The number of aliphatic hydroxyl groups is 1. The number of carbonyl (C=O) groups is 2. The van der Waals surface area contributed by atoms with E-state index in [-0.39, 0.29) is 31.8 Å². The summed E-state index contributed by atoms with van der Waals surface area (Å²) in [5.74, 6) is -1.04. The second-order valence-corrected chi connectivity index (χ2v) is 5.28. The van der Waals surface area contributed by atoms with Crippen LogP contribution in [-0.4, -0.2) is 77.0 Å². The fourth-order valence-corrected chi connectivity index (χ4v) is 2.91. The fraction of sp³-hybridized carbons (Fsp3) is 0.846. The Labute approximate surface area is 118 Å². The number of urea groups is 1. The van der Waals surface area contributed by atoms with E-state index in [0.717, 1.165) is 25.7 Å². The molecular weight excluding hydrogens is 264 g/mol. The molecule has 0 radical (unpaired) electrons. The minimum Gasteiger partial charge on any atom is -0.479 e. The van der Waals surface area contributed by atoms with Crippen molar-refractivity contribution >= 4 is 12.0 Å². The van der Waals surface area contributed by atoms with Crippen molar-refractivity contribution in [1.29, 1.82) is 0 Å². The van der Waals surface area contributed by atoms with E-state index in [0.29, 0.717) is 13.1 Å². The Morgan fingerprint density at radius 1 is 1.30 bits per heavy atom. The first kappa shape index (κ1) is 15.1. The number of aliphatic carboxylic acids is 1. The Kier molecular flexibility index (Phi) is 5.19. The average Bonchev–Trinajstić information content (AvgIpc) is 2.98. The van der Waals surface area contributed by atoms with E-state index in [9.17, 15) is 9.59 Å². The number of ether oxygens (including phenoxy) is 1. The molecule has 1 saturated carbocycles. The number of morpholine rings is 1. The molecule has 1 unspecified atom stereocenters. The van der Waals surface area contributed by atoms with E-state index in [2.05, 4.69) is 0 Å². The molecule has 7 heteroatoms. The van der Waals surface area contributed by atoms with Crippen molar-refractivity contribution in [3.63, 3.8) is 0 Å². The van der Waals surface area contributed by atoms with E-state index in [1.807, 2.05) is 0 Å². The first-order chi connectivity index (χ1) is 9.63. The molecule has 0 spiro atoms. The van der Waals surface area contributed by atoms with Crippen molar-refractivity contribution < 1.29 is 24.5 Å². The van der Waals surface area contributed by atoms with E-state index < -0.39 is 12.1 Å². The van der Waals surface area contributed by atoms with Crippen molar-refractivity contribution in [3.8, 4) is 0 Å². The van der Waals surface area contributed by atoms with Gasteiger partial charge >= 0.3 is 12.0 Å². The molecule has 2 aliphatic rings. The van der Waals surface area contributed by atoms with Gasteiger partial charge in [0.05, 0.1) is 19.8 Å². The molecule has 7 nitrogen and oxygen atoms in total. The van der Waals surface area contributed by atoms with Crippen LogP contribution in [-0.2, 0) is 9.53 Å². The second kappa shape index (κ2) is 6.90. The van der Waals surface area contributed by atoms with Crippen LogP contribution in [0.3, 0.4) is 0 Å². The summed E-state index contributed by atoms with van der Waals surface area (Å²) in [6.45, 7) is 0.938. The summed E-state index contributed by atoms with van der Waals surface area (Å²) in [7, 11) is 0. The Hall–Kier alpha value is -1.34. The lowest BCUT2D eigenvalue weighted by Crippen LogP contribution is -2.55.